The van der Waals surface area contributed by atoms with Crippen LogP contribution >= 0.6 is 11.6 Å². The number of aliphatic hydroxyl groups excluding tert-OH is 1. The Morgan fingerprint density at radius 2 is 1.95 bits per heavy atom. The molecule has 1 aromatic rings. The molecule has 1 rings (SSSR count). The Hall–Kier alpha value is -1.54. The lowest BCUT2D eigenvalue weighted by molar-refractivity contribution is -0.138. The van der Waals surface area contributed by atoms with Crippen molar-refractivity contribution in [3.63, 3.8) is 0 Å². The van der Waals surface area contributed by atoms with Gasteiger partial charge in [-0.05, 0) is 38.0 Å². The monoisotopic (exact) mass is 308 g/mol. The molecular formula is C17H21ClO3. The molecule has 0 amide bonds. The largest absolute Gasteiger partial charge is 0.462 e. The van der Waals surface area contributed by atoms with Gasteiger partial charge >= 0.3 is 5.97 Å². The van der Waals surface area contributed by atoms with Gasteiger partial charge in [0.2, 0.25) is 0 Å². The highest BCUT2D eigenvalue weighted by Crippen LogP contribution is 2.23. The van der Waals surface area contributed by atoms with Crippen molar-refractivity contribution in [3.8, 4) is 0 Å². The van der Waals surface area contributed by atoms with Crippen LogP contribution in [-0.4, -0.2) is 17.7 Å². The van der Waals surface area contributed by atoms with Crippen molar-refractivity contribution in [2.75, 3.05) is 6.61 Å². The van der Waals surface area contributed by atoms with Crippen LogP contribution in [-0.2, 0) is 9.53 Å². The van der Waals surface area contributed by atoms with Crippen LogP contribution in [0, 0.1) is 0 Å². The number of rotatable bonds is 6. The topological polar surface area (TPSA) is 46.5 Å². The summed E-state index contributed by atoms with van der Waals surface area (Å²) in [5, 5.41) is 10.9. The molecule has 1 unspecified atom stereocenters. The van der Waals surface area contributed by atoms with E-state index in [9.17, 15) is 9.90 Å². The Labute approximate surface area is 130 Å². The molecular weight excluding hydrogens is 288 g/mol. The third-order valence-electron chi connectivity index (χ3n) is 2.97. The fraction of sp³-hybridized carbons (Fsp3) is 0.412. The highest BCUT2D eigenvalue weighted by Gasteiger charge is 2.13. The van der Waals surface area contributed by atoms with Crippen molar-refractivity contribution >= 4 is 17.6 Å². The van der Waals surface area contributed by atoms with E-state index in [0.29, 0.717) is 34.8 Å². The van der Waals surface area contributed by atoms with Gasteiger partial charge in [0.15, 0.2) is 0 Å². The van der Waals surface area contributed by atoms with E-state index in [1.54, 1.807) is 38.1 Å². The molecule has 0 radical (unpaired) electrons. The third kappa shape index (κ3) is 5.39. The van der Waals surface area contributed by atoms with E-state index in [0.717, 1.165) is 6.42 Å². The van der Waals surface area contributed by atoms with Crippen molar-refractivity contribution in [1.29, 1.82) is 0 Å². The Kier molecular flexibility index (Phi) is 7.24. The van der Waals surface area contributed by atoms with E-state index in [4.69, 9.17) is 16.3 Å². The number of halogens is 1. The summed E-state index contributed by atoms with van der Waals surface area (Å²) in [6, 6.07) is 6.94. The molecule has 1 atom stereocenters. The van der Waals surface area contributed by atoms with Crippen molar-refractivity contribution in [3.05, 3.63) is 51.7 Å². The number of esters is 1. The van der Waals surface area contributed by atoms with Gasteiger partial charge in [0, 0.05) is 10.6 Å². The van der Waals surface area contributed by atoms with Gasteiger partial charge in [0.05, 0.1) is 12.2 Å². The van der Waals surface area contributed by atoms with Crippen LogP contribution in [0.2, 0.25) is 5.02 Å². The lowest BCUT2D eigenvalue weighted by Crippen LogP contribution is -2.07. The summed E-state index contributed by atoms with van der Waals surface area (Å²) in [5.41, 5.74) is 4.74. The number of carbonyl (C=O) groups is 1. The van der Waals surface area contributed by atoms with Gasteiger partial charge in [0.25, 0.3) is 0 Å². The van der Waals surface area contributed by atoms with Crippen molar-refractivity contribution in [2.45, 2.75) is 39.7 Å². The fourth-order valence-corrected chi connectivity index (χ4v) is 2.01. The van der Waals surface area contributed by atoms with E-state index in [2.05, 4.69) is 5.73 Å². The Morgan fingerprint density at radius 3 is 2.48 bits per heavy atom. The molecule has 4 heteroatoms. The smallest absolute Gasteiger partial charge is 0.341 e. The number of ether oxygens (including phenoxy) is 1. The molecule has 0 bridgehead atoms. The van der Waals surface area contributed by atoms with E-state index < -0.39 is 6.10 Å². The van der Waals surface area contributed by atoms with Crippen LogP contribution in [0.5, 0.6) is 0 Å². The number of aliphatic hydroxyl groups is 1. The number of hydrogen-bond acceptors (Lipinski definition) is 3. The number of hydrogen-bond donors (Lipinski definition) is 1. The molecule has 1 aromatic carbocycles. The molecule has 0 fully saturated rings. The van der Waals surface area contributed by atoms with Gasteiger partial charge in [-0.25, -0.2) is 4.79 Å². The summed E-state index contributed by atoms with van der Waals surface area (Å²) in [6.45, 7) is 5.81. The average molecular weight is 309 g/mol. The summed E-state index contributed by atoms with van der Waals surface area (Å²) in [6.07, 6.45) is 0.568. The van der Waals surface area contributed by atoms with Gasteiger partial charge in [-0.2, -0.15) is 0 Å². The first-order valence-corrected chi connectivity index (χ1v) is 7.44. The maximum atomic E-state index is 11.8. The van der Waals surface area contributed by atoms with Gasteiger partial charge < -0.3 is 9.84 Å². The van der Waals surface area contributed by atoms with E-state index in [1.165, 1.54) is 0 Å². The Balaban J connectivity index is 3.09. The molecule has 21 heavy (non-hydrogen) atoms. The molecule has 1 N–H and O–H groups in total. The summed E-state index contributed by atoms with van der Waals surface area (Å²) in [7, 11) is 0. The van der Waals surface area contributed by atoms with Crippen LogP contribution in [0.4, 0.5) is 0 Å². The number of carbonyl (C=O) groups excluding carboxylic acids is 1. The lowest BCUT2D eigenvalue weighted by Gasteiger charge is -2.11. The summed E-state index contributed by atoms with van der Waals surface area (Å²) in [5.74, 6) is -0.373. The fourth-order valence-electron chi connectivity index (χ4n) is 1.89. The third-order valence-corrected chi connectivity index (χ3v) is 3.22. The maximum absolute atomic E-state index is 11.8. The zero-order chi connectivity index (χ0) is 15.8. The van der Waals surface area contributed by atoms with Crippen LogP contribution in [0.1, 0.15) is 45.3 Å². The molecule has 3 nitrogen and oxygen atoms in total. The molecule has 0 spiro atoms. The summed E-state index contributed by atoms with van der Waals surface area (Å²) < 4.78 is 5.01. The highest BCUT2D eigenvalue weighted by molar-refractivity contribution is 6.30. The first kappa shape index (κ1) is 17.5. The van der Waals surface area contributed by atoms with Crippen molar-refractivity contribution in [2.24, 2.45) is 0 Å². The first-order chi connectivity index (χ1) is 9.99. The van der Waals surface area contributed by atoms with Crippen LogP contribution in [0.15, 0.2) is 41.1 Å². The Morgan fingerprint density at radius 1 is 1.33 bits per heavy atom. The van der Waals surface area contributed by atoms with E-state index in [1.807, 2.05) is 6.92 Å². The standard InChI is InChI=1S/C17H21ClO3/c1-4-6-14(17(20)21-5-2)11-12(3)16(19)13-7-9-15(18)10-8-13/h7-10,16,19H,4-6H2,1-3H3. The molecule has 0 heterocycles. The number of benzene rings is 1. The summed E-state index contributed by atoms with van der Waals surface area (Å²) >= 11 is 5.83. The predicted octanol–water partition coefficient (Wildman–Crippen LogP) is 4.21. The van der Waals surface area contributed by atoms with Gasteiger partial charge in [-0.1, -0.05) is 37.1 Å². The van der Waals surface area contributed by atoms with Gasteiger partial charge in [-0.3, -0.25) is 0 Å². The van der Waals surface area contributed by atoms with Crippen LogP contribution in [0.25, 0.3) is 0 Å². The quantitative estimate of drug-likeness (QED) is 0.486. The minimum absolute atomic E-state index is 0.326. The minimum Gasteiger partial charge on any atom is -0.462 e. The predicted molar refractivity (Wildman–Crippen MR) is 84.2 cm³/mol. The minimum atomic E-state index is -0.816. The van der Waals surface area contributed by atoms with Crippen LogP contribution < -0.4 is 0 Å². The van der Waals surface area contributed by atoms with Crippen molar-refractivity contribution in [1.82, 2.24) is 0 Å². The SMILES string of the molecule is CCCC(=C=C(C)C(O)c1ccc(Cl)cc1)C(=O)OCC. The van der Waals surface area contributed by atoms with Gasteiger partial charge in [-0.15, -0.1) is 5.73 Å². The van der Waals surface area contributed by atoms with E-state index >= 15 is 0 Å². The lowest BCUT2D eigenvalue weighted by atomic mass is 10.0. The van der Waals surface area contributed by atoms with Crippen molar-refractivity contribution < 1.29 is 14.6 Å². The molecule has 0 aliphatic carbocycles. The normalized spacial score (nSPS) is 11.5. The maximum Gasteiger partial charge on any atom is 0.341 e. The second-order valence-corrected chi connectivity index (χ2v) is 5.15. The molecule has 0 saturated heterocycles. The van der Waals surface area contributed by atoms with E-state index in [-0.39, 0.29) is 5.97 Å². The zero-order valence-electron chi connectivity index (χ0n) is 12.6. The molecule has 0 aromatic heterocycles. The highest BCUT2D eigenvalue weighted by atomic mass is 35.5. The first-order valence-electron chi connectivity index (χ1n) is 7.06. The zero-order valence-corrected chi connectivity index (χ0v) is 13.4. The second-order valence-electron chi connectivity index (χ2n) is 4.71. The van der Waals surface area contributed by atoms with Gasteiger partial charge in [0.1, 0.15) is 6.10 Å². The molecule has 114 valence electrons. The molecule has 0 aliphatic heterocycles. The molecule has 0 aliphatic rings. The average Bonchev–Trinajstić information content (AvgIpc) is 2.47. The molecule has 0 saturated carbocycles. The summed E-state index contributed by atoms with van der Waals surface area (Å²) in [4.78, 5) is 11.8. The van der Waals surface area contributed by atoms with Crippen LogP contribution in [0.3, 0.4) is 0 Å². The second kappa shape index (κ2) is 8.68. The Bertz CT molecular complexity index is 540.